The first-order valence-electron chi connectivity index (χ1n) is 5.56. The SMILES string of the molecule is CCn1cc[n+](C)c1.N[C@@H](CCC(=O)O)C(=O)[O-]. The number of carbonyl (C=O) groups is 2. The van der Waals surface area contributed by atoms with Crippen molar-refractivity contribution in [2.24, 2.45) is 12.8 Å². The van der Waals surface area contributed by atoms with Crippen LogP contribution in [0, 0.1) is 0 Å². The molecule has 1 rings (SSSR count). The Balaban J connectivity index is 0.000000327. The highest BCUT2D eigenvalue weighted by molar-refractivity contribution is 5.72. The zero-order chi connectivity index (χ0) is 14.1. The molecule has 0 aliphatic heterocycles. The molecule has 0 aromatic carbocycles. The molecule has 0 unspecified atom stereocenters. The van der Waals surface area contributed by atoms with Gasteiger partial charge in [-0.15, -0.1) is 0 Å². The van der Waals surface area contributed by atoms with Crippen molar-refractivity contribution < 1.29 is 24.4 Å². The smallest absolute Gasteiger partial charge is 0.303 e. The van der Waals surface area contributed by atoms with Crippen molar-refractivity contribution in [3.05, 3.63) is 18.7 Å². The van der Waals surface area contributed by atoms with Crippen molar-refractivity contribution in [1.29, 1.82) is 0 Å². The Morgan fingerprint density at radius 2 is 2.17 bits per heavy atom. The monoisotopic (exact) mass is 257 g/mol. The quantitative estimate of drug-likeness (QED) is 0.608. The van der Waals surface area contributed by atoms with E-state index in [0.717, 1.165) is 6.54 Å². The van der Waals surface area contributed by atoms with Crippen LogP contribution in [0.25, 0.3) is 0 Å². The summed E-state index contributed by atoms with van der Waals surface area (Å²) in [5.74, 6) is -2.47. The van der Waals surface area contributed by atoms with Gasteiger partial charge in [-0.3, -0.25) is 4.79 Å². The summed E-state index contributed by atoms with van der Waals surface area (Å²) in [5, 5.41) is 18.0. The predicted molar refractivity (Wildman–Crippen MR) is 61.1 cm³/mol. The fourth-order valence-corrected chi connectivity index (χ4v) is 1.09. The van der Waals surface area contributed by atoms with E-state index in [9.17, 15) is 14.7 Å². The average molecular weight is 257 g/mol. The van der Waals surface area contributed by atoms with Crippen molar-refractivity contribution in [3.63, 3.8) is 0 Å². The summed E-state index contributed by atoms with van der Waals surface area (Å²) in [6.45, 7) is 3.18. The Morgan fingerprint density at radius 1 is 1.56 bits per heavy atom. The maximum atomic E-state index is 9.88. The van der Waals surface area contributed by atoms with Crippen LogP contribution in [0.15, 0.2) is 18.7 Å². The van der Waals surface area contributed by atoms with E-state index in [2.05, 4.69) is 24.0 Å². The number of nitrogens with zero attached hydrogens (tertiary/aromatic N) is 2. The van der Waals surface area contributed by atoms with Gasteiger partial charge >= 0.3 is 5.97 Å². The van der Waals surface area contributed by atoms with E-state index in [4.69, 9.17) is 10.8 Å². The van der Waals surface area contributed by atoms with Gasteiger partial charge in [-0.1, -0.05) is 0 Å². The summed E-state index contributed by atoms with van der Waals surface area (Å²) in [7, 11) is 2.02. The Bertz CT molecular complexity index is 389. The lowest BCUT2D eigenvalue weighted by atomic mass is 10.2. The lowest BCUT2D eigenvalue weighted by Crippen LogP contribution is -2.41. The van der Waals surface area contributed by atoms with Gasteiger partial charge in [-0.05, 0) is 13.3 Å². The van der Waals surface area contributed by atoms with Crippen LogP contribution in [0.2, 0.25) is 0 Å². The number of hydrogen-bond acceptors (Lipinski definition) is 4. The van der Waals surface area contributed by atoms with Gasteiger partial charge in [0, 0.05) is 12.5 Å². The van der Waals surface area contributed by atoms with Gasteiger partial charge < -0.3 is 20.7 Å². The number of carbonyl (C=O) groups excluding carboxylic acids is 1. The van der Waals surface area contributed by atoms with Gasteiger partial charge in [0.1, 0.15) is 12.4 Å². The number of carboxylic acid groups (broad SMARTS) is 2. The molecule has 1 atom stereocenters. The van der Waals surface area contributed by atoms with E-state index in [-0.39, 0.29) is 12.8 Å². The number of nitrogens with two attached hydrogens (primary N) is 1. The number of aryl methyl sites for hydroxylation is 2. The van der Waals surface area contributed by atoms with Crippen LogP contribution in [0.1, 0.15) is 19.8 Å². The van der Waals surface area contributed by atoms with Gasteiger partial charge in [-0.25, -0.2) is 9.13 Å². The first kappa shape index (κ1) is 16.1. The van der Waals surface area contributed by atoms with E-state index >= 15 is 0 Å². The number of rotatable bonds is 5. The third-order valence-electron chi connectivity index (χ3n) is 2.16. The zero-order valence-electron chi connectivity index (χ0n) is 10.6. The van der Waals surface area contributed by atoms with Gasteiger partial charge in [-0.2, -0.15) is 0 Å². The second-order valence-electron chi connectivity index (χ2n) is 3.77. The highest BCUT2D eigenvalue weighted by Gasteiger charge is 2.05. The third-order valence-corrected chi connectivity index (χ3v) is 2.16. The van der Waals surface area contributed by atoms with Crippen molar-refractivity contribution in [2.75, 3.05) is 0 Å². The molecule has 0 saturated carbocycles. The van der Waals surface area contributed by atoms with Crippen molar-refractivity contribution in [3.8, 4) is 0 Å². The molecule has 18 heavy (non-hydrogen) atoms. The number of carboxylic acids is 2. The molecule has 1 aromatic rings. The fraction of sp³-hybridized carbons (Fsp3) is 0.545. The maximum absolute atomic E-state index is 9.88. The molecule has 7 nitrogen and oxygen atoms in total. The molecule has 1 aromatic heterocycles. The molecule has 3 N–H and O–H groups in total. The summed E-state index contributed by atoms with van der Waals surface area (Å²) in [6.07, 6.45) is 5.82. The van der Waals surface area contributed by atoms with Gasteiger partial charge in [0.05, 0.1) is 19.6 Å². The first-order chi connectivity index (χ1) is 8.36. The molecule has 0 aliphatic rings. The van der Waals surface area contributed by atoms with Crippen molar-refractivity contribution in [2.45, 2.75) is 32.4 Å². The highest BCUT2D eigenvalue weighted by Crippen LogP contribution is 1.92. The summed E-state index contributed by atoms with van der Waals surface area (Å²) in [6, 6.07) is -1.17. The summed E-state index contributed by atoms with van der Waals surface area (Å²) in [4.78, 5) is 19.7. The summed E-state index contributed by atoms with van der Waals surface area (Å²) in [5.41, 5.74) is 4.94. The molecule has 0 amide bonds. The topological polar surface area (TPSA) is 112 Å². The average Bonchev–Trinajstić information content (AvgIpc) is 2.72. The van der Waals surface area contributed by atoms with Crippen molar-refractivity contribution in [1.82, 2.24) is 4.57 Å². The van der Waals surface area contributed by atoms with E-state index in [1.807, 2.05) is 17.8 Å². The van der Waals surface area contributed by atoms with Gasteiger partial charge in [0.2, 0.25) is 6.33 Å². The Labute approximate surface area is 105 Å². The van der Waals surface area contributed by atoms with Crippen LogP contribution < -0.4 is 15.4 Å². The van der Waals surface area contributed by atoms with Gasteiger partial charge in [0.25, 0.3) is 0 Å². The number of aliphatic carboxylic acids is 2. The first-order valence-corrected chi connectivity index (χ1v) is 5.56. The second-order valence-corrected chi connectivity index (χ2v) is 3.77. The van der Waals surface area contributed by atoms with E-state index < -0.39 is 18.0 Å². The molecule has 0 bridgehead atoms. The van der Waals surface area contributed by atoms with E-state index in [1.54, 1.807) is 0 Å². The molecule has 0 aliphatic carbocycles. The van der Waals surface area contributed by atoms with Crippen LogP contribution in [-0.4, -0.2) is 27.7 Å². The molecular weight excluding hydrogens is 238 g/mol. The Morgan fingerprint density at radius 3 is 2.44 bits per heavy atom. The van der Waals surface area contributed by atoms with Crippen molar-refractivity contribution >= 4 is 11.9 Å². The lowest BCUT2D eigenvalue weighted by molar-refractivity contribution is -0.671. The molecule has 1 heterocycles. The summed E-state index contributed by atoms with van der Waals surface area (Å²) >= 11 is 0. The molecule has 0 fully saturated rings. The van der Waals surface area contributed by atoms with Crippen LogP contribution in [-0.2, 0) is 23.2 Å². The highest BCUT2D eigenvalue weighted by atomic mass is 16.4. The normalized spacial score (nSPS) is 11.3. The van der Waals surface area contributed by atoms with Crippen LogP contribution in [0.4, 0.5) is 0 Å². The predicted octanol–water partition coefficient (Wildman–Crippen LogP) is -1.74. The van der Waals surface area contributed by atoms with Crippen LogP contribution in [0.5, 0.6) is 0 Å². The van der Waals surface area contributed by atoms with E-state index in [0.29, 0.717) is 0 Å². The second kappa shape index (κ2) is 8.24. The molecule has 7 heteroatoms. The number of aromatic nitrogens is 2. The van der Waals surface area contributed by atoms with Gasteiger partial charge in [0.15, 0.2) is 0 Å². The minimum atomic E-state index is -1.42. The Kier molecular flexibility index (Phi) is 7.37. The van der Waals surface area contributed by atoms with E-state index in [1.165, 1.54) is 0 Å². The molecular formula is C11H19N3O4. The number of imidazole rings is 1. The fourth-order valence-electron chi connectivity index (χ4n) is 1.09. The van der Waals surface area contributed by atoms with Crippen LogP contribution in [0.3, 0.4) is 0 Å². The molecule has 102 valence electrons. The summed E-state index contributed by atoms with van der Waals surface area (Å²) < 4.78 is 4.16. The molecule has 0 radical (unpaired) electrons. The van der Waals surface area contributed by atoms with Crippen LogP contribution >= 0.6 is 0 Å². The standard InChI is InChI=1S/C6H11N2.C5H9NO4/c1-3-8-5-4-7(2)6-8;6-3(5(9)10)1-2-4(7)8/h4-6H,3H2,1-2H3;3H,1-2,6H2,(H,7,8)(H,9,10)/q+1;/p-1/t;3-/m.0/s1. The number of hydrogen-bond donors (Lipinski definition) is 2. The minimum Gasteiger partial charge on any atom is -0.548 e. The molecule has 0 saturated heterocycles. The third kappa shape index (κ3) is 7.39. The Hall–Kier alpha value is -1.89. The lowest BCUT2D eigenvalue weighted by Gasteiger charge is -2.09. The minimum absolute atomic E-state index is 0.0856. The zero-order valence-corrected chi connectivity index (χ0v) is 10.6. The maximum Gasteiger partial charge on any atom is 0.303 e. The largest absolute Gasteiger partial charge is 0.548 e. The molecule has 0 spiro atoms.